The Morgan fingerprint density at radius 1 is 1.53 bits per heavy atom. The molecule has 8 heteroatoms. The summed E-state index contributed by atoms with van der Waals surface area (Å²) in [5, 5.41) is 0. The fourth-order valence-corrected chi connectivity index (χ4v) is 1.34. The van der Waals surface area contributed by atoms with Crippen LogP contribution in [0.4, 0.5) is 19.0 Å². The molecule has 0 aliphatic carbocycles. The second-order valence-corrected chi connectivity index (χ2v) is 3.22. The molecule has 0 aliphatic heterocycles. The van der Waals surface area contributed by atoms with Crippen molar-refractivity contribution in [2.24, 2.45) is 0 Å². The summed E-state index contributed by atoms with van der Waals surface area (Å²) in [6, 6.07) is 0. The number of nitrogens with one attached hydrogen (secondary N) is 1. The third kappa shape index (κ3) is 3.36. The fraction of sp³-hybridized carbons (Fsp3) is 0.556. The van der Waals surface area contributed by atoms with Crippen LogP contribution in [0.15, 0.2) is 11.1 Å². The highest BCUT2D eigenvalue weighted by Gasteiger charge is 2.32. The molecule has 0 spiro atoms. The summed E-state index contributed by atoms with van der Waals surface area (Å²) in [5.41, 5.74) is -0.613. The molecule has 1 rings (SSSR count). The van der Waals surface area contributed by atoms with Crippen molar-refractivity contribution in [1.29, 1.82) is 0 Å². The lowest BCUT2D eigenvalue weighted by Crippen LogP contribution is -2.35. The van der Waals surface area contributed by atoms with Crippen LogP contribution in [0.25, 0.3) is 0 Å². The van der Waals surface area contributed by atoms with Gasteiger partial charge < -0.3 is 14.6 Å². The number of methoxy groups -OCH3 is 1. The SMILES string of the molecule is CCN(CC(F)(F)F)c1nc[nH]c(=O)c1OC. The summed E-state index contributed by atoms with van der Waals surface area (Å²) in [6.45, 7) is 0.413. The summed E-state index contributed by atoms with van der Waals surface area (Å²) < 4.78 is 41.7. The molecule has 1 aromatic rings. The molecule has 1 aromatic heterocycles. The van der Waals surface area contributed by atoms with E-state index >= 15 is 0 Å². The Kier molecular flexibility index (Phi) is 3.97. The minimum Gasteiger partial charge on any atom is -0.489 e. The van der Waals surface area contributed by atoms with Gasteiger partial charge in [0.1, 0.15) is 6.54 Å². The third-order valence-corrected chi connectivity index (χ3v) is 2.05. The highest BCUT2D eigenvalue weighted by atomic mass is 19.4. The molecule has 0 saturated carbocycles. The summed E-state index contributed by atoms with van der Waals surface area (Å²) in [7, 11) is 1.21. The second-order valence-electron chi connectivity index (χ2n) is 3.22. The molecule has 0 fully saturated rings. The largest absolute Gasteiger partial charge is 0.489 e. The van der Waals surface area contributed by atoms with Gasteiger partial charge in [0.2, 0.25) is 5.75 Å². The first kappa shape index (κ1) is 13.3. The van der Waals surface area contributed by atoms with Gasteiger partial charge in [-0.3, -0.25) is 4.79 Å². The van der Waals surface area contributed by atoms with E-state index in [2.05, 4.69) is 9.97 Å². The van der Waals surface area contributed by atoms with Crippen molar-refractivity contribution in [3.05, 3.63) is 16.7 Å². The molecule has 17 heavy (non-hydrogen) atoms. The van der Waals surface area contributed by atoms with Crippen LogP contribution < -0.4 is 15.2 Å². The Bertz CT molecular complexity index is 430. The smallest absolute Gasteiger partial charge is 0.405 e. The number of nitrogens with zero attached hydrogens (tertiary/aromatic N) is 2. The van der Waals surface area contributed by atoms with Crippen molar-refractivity contribution >= 4 is 5.82 Å². The first-order valence-electron chi connectivity index (χ1n) is 4.82. The third-order valence-electron chi connectivity index (χ3n) is 2.05. The molecule has 0 unspecified atom stereocenters. The molecule has 1 N–H and O–H groups in total. The van der Waals surface area contributed by atoms with E-state index in [1.54, 1.807) is 0 Å². The van der Waals surface area contributed by atoms with E-state index in [1.165, 1.54) is 14.0 Å². The van der Waals surface area contributed by atoms with Crippen molar-refractivity contribution in [3.63, 3.8) is 0 Å². The van der Waals surface area contributed by atoms with E-state index in [0.29, 0.717) is 0 Å². The quantitative estimate of drug-likeness (QED) is 0.872. The van der Waals surface area contributed by atoms with E-state index in [-0.39, 0.29) is 18.1 Å². The van der Waals surface area contributed by atoms with Crippen LogP contribution in [0.5, 0.6) is 5.75 Å². The molecule has 0 atom stereocenters. The maximum absolute atomic E-state index is 12.3. The molecule has 0 aromatic carbocycles. The zero-order chi connectivity index (χ0) is 13.1. The maximum Gasteiger partial charge on any atom is 0.405 e. The van der Waals surface area contributed by atoms with Gasteiger partial charge >= 0.3 is 6.18 Å². The molecular formula is C9H12F3N3O2. The van der Waals surface area contributed by atoms with E-state index in [1.807, 2.05) is 0 Å². The van der Waals surface area contributed by atoms with Crippen molar-refractivity contribution in [1.82, 2.24) is 9.97 Å². The standard InChI is InChI=1S/C9H12F3N3O2/c1-3-15(4-9(10,11)12)7-6(17-2)8(16)14-5-13-7/h5H,3-4H2,1-2H3,(H,13,14,16). The number of hydrogen-bond donors (Lipinski definition) is 1. The molecule has 0 bridgehead atoms. The van der Waals surface area contributed by atoms with E-state index in [4.69, 9.17) is 4.74 Å². The number of aromatic nitrogens is 2. The van der Waals surface area contributed by atoms with Crippen molar-refractivity contribution in [3.8, 4) is 5.75 Å². The zero-order valence-corrected chi connectivity index (χ0v) is 9.34. The van der Waals surface area contributed by atoms with Gasteiger partial charge in [0.25, 0.3) is 5.56 Å². The van der Waals surface area contributed by atoms with Crippen LogP contribution >= 0.6 is 0 Å². The van der Waals surface area contributed by atoms with Crippen molar-refractivity contribution < 1.29 is 17.9 Å². The minimum atomic E-state index is -4.37. The number of anilines is 1. The van der Waals surface area contributed by atoms with E-state index < -0.39 is 18.3 Å². The second kappa shape index (κ2) is 5.07. The van der Waals surface area contributed by atoms with Crippen LogP contribution in [0.1, 0.15) is 6.92 Å². The molecule has 96 valence electrons. The summed E-state index contributed by atoms with van der Waals surface area (Å²) in [5.74, 6) is -0.338. The fourth-order valence-electron chi connectivity index (χ4n) is 1.34. The molecule has 0 aliphatic rings. The molecule has 0 saturated heterocycles. The summed E-state index contributed by atoms with van der Waals surface area (Å²) in [4.78, 5) is 18.2. The maximum atomic E-state index is 12.3. The lowest BCUT2D eigenvalue weighted by Gasteiger charge is -2.24. The Hall–Kier alpha value is -1.73. The van der Waals surface area contributed by atoms with E-state index in [9.17, 15) is 18.0 Å². The van der Waals surface area contributed by atoms with Gasteiger partial charge in [-0.2, -0.15) is 13.2 Å². The predicted octanol–water partition coefficient (Wildman–Crippen LogP) is 1.17. The highest BCUT2D eigenvalue weighted by Crippen LogP contribution is 2.24. The van der Waals surface area contributed by atoms with Gasteiger partial charge in [-0.25, -0.2) is 4.98 Å². The summed E-state index contributed by atoms with van der Waals surface area (Å²) >= 11 is 0. The average molecular weight is 251 g/mol. The Morgan fingerprint density at radius 3 is 2.65 bits per heavy atom. The monoisotopic (exact) mass is 251 g/mol. The number of rotatable bonds is 4. The van der Waals surface area contributed by atoms with Gasteiger partial charge in [0.15, 0.2) is 5.82 Å². The van der Waals surface area contributed by atoms with Crippen LogP contribution in [-0.2, 0) is 0 Å². The molecule has 0 radical (unpaired) electrons. The molecule has 0 amide bonds. The average Bonchev–Trinajstić information content (AvgIpc) is 2.24. The highest BCUT2D eigenvalue weighted by molar-refractivity contribution is 5.50. The number of alkyl halides is 3. The number of hydrogen-bond acceptors (Lipinski definition) is 4. The van der Waals surface area contributed by atoms with Crippen LogP contribution in [0.2, 0.25) is 0 Å². The minimum absolute atomic E-state index is 0.0618. The van der Waals surface area contributed by atoms with Gasteiger partial charge in [-0.05, 0) is 6.92 Å². The van der Waals surface area contributed by atoms with Gasteiger partial charge in [0.05, 0.1) is 13.4 Å². The number of H-pyrrole nitrogens is 1. The first-order valence-corrected chi connectivity index (χ1v) is 4.82. The van der Waals surface area contributed by atoms with Gasteiger partial charge in [-0.1, -0.05) is 0 Å². The lowest BCUT2D eigenvalue weighted by molar-refractivity contribution is -0.119. The van der Waals surface area contributed by atoms with Gasteiger partial charge in [-0.15, -0.1) is 0 Å². The zero-order valence-electron chi connectivity index (χ0n) is 9.34. The van der Waals surface area contributed by atoms with E-state index in [0.717, 1.165) is 11.2 Å². The normalized spacial score (nSPS) is 11.4. The molecular weight excluding hydrogens is 239 g/mol. The van der Waals surface area contributed by atoms with Crippen LogP contribution in [0, 0.1) is 0 Å². The van der Waals surface area contributed by atoms with Gasteiger partial charge in [0, 0.05) is 6.54 Å². The van der Waals surface area contributed by atoms with Crippen LogP contribution in [0.3, 0.4) is 0 Å². The number of ether oxygens (including phenoxy) is 1. The molecule has 5 nitrogen and oxygen atoms in total. The van der Waals surface area contributed by atoms with Crippen molar-refractivity contribution in [2.45, 2.75) is 13.1 Å². The van der Waals surface area contributed by atoms with Crippen LogP contribution in [-0.4, -0.2) is 36.3 Å². The summed E-state index contributed by atoms with van der Waals surface area (Å²) in [6.07, 6.45) is -3.33. The molecule has 1 heterocycles. The van der Waals surface area contributed by atoms with Crippen molar-refractivity contribution in [2.75, 3.05) is 25.1 Å². The Balaban J connectivity index is 3.12. The number of halogens is 3. The Morgan fingerprint density at radius 2 is 2.18 bits per heavy atom. The predicted molar refractivity (Wildman–Crippen MR) is 55.4 cm³/mol. The lowest BCUT2D eigenvalue weighted by atomic mass is 10.4. The number of aromatic amines is 1. The topological polar surface area (TPSA) is 58.2 Å². The first-order chi connectivity index (χ1) is 7.89. The Labute approximate surface area is 95.2 Å².